The van der Waals surface area contributed by atoms with Crippen molar-refractivity contribution < 1.29 is 4.79 Å². The maximum absolute atomic E-state index is 10.6. The van der Waals surface area contributed by atoms with Crippen molar-refractivity contribution in [3.63, 3.8) is 0 Å². The van der Waals surface area contributed by atoms with Crippen LogP contribution in [-0.2, 0) is 4.79 Å². The number of hydrogen-bond donors (Lipinski definition) is 1. The molecule has 1 rings (SSSR count). The van der Waals surface area contributed by atoms with Crippen LogP contribution >= 0.6 is 0 Å². The monoisotopic (exact) mass is 177 g/mol. The fourth-order valence-corrected chi connectivity index (χ4v) is 1.17. The largest absolute Gasteiger partial charge is 0.356 e. The van der Waals surface area contributed by atoms with Crippen molar-refractivity contribution in [2.45, 2.75) is 19.8 Å². The molecule has 0 atom stereocenters. The van der Waals surface area contributed by atoms with Crippen molar-refractivity contribution in [2.75, 3.05) is 6.54 Å². The third kappa shape index (κ3) is 4.31. The molecule has 0 saturated heterocycles. The van der Waals surface area contributed by atoms with E-state index in [1.165, 1.54) is 12.5 Å². The molecule has 1 N–H and O–H groups in total. The number of allylic oxidation sites excluding steroid dienone is 5. The lowest BCUT2D eigenvalue weighted by molar-refractivity contribution is -0.118. The molecule has 1 aliphatic rings. The summed E-state index contributed by atoms with van der Waals surface area (Å²) < 4.78 is 0. The molecule has 0 aromatic rings. The van der Waals surface area contributed by atoms with E-state index in [9.17, 15) is 4.79 Å². The number of amides is 1. The lowest BCUT2D eigenvalue weighted by Gasteiger charge is -2.01. The number of nitrogens with one attached hydrogen (secondary N) is 1. The van der Waals surface area contributed by atoms with Crippen molar-refractivity contribution >= 4 is 5.91 Å². The number of hydrogen-bond acceptors (Lipinski definition) is 1. The van der Waals surface area contributed by atoms with Crippen molar-refractivity contribution in [3.8, 4) is 0 Å². The van der Waals surface area contributed by atoms with Gasteiger partial charge >= 0.3 is 0 Å². The zero-order valence-corrected chi connectivity index (χ0v) is 7.92. The summed E-state index contributed by atoms with van der Waals surface area (Å²) in [7, 11) is 0. The van der Waals surface area contributed by atoms with Gasteiger partial charge in [0.2, 0.25) is 5.91 Å². The van der Waals surface area contributed by atoms with E-state index in [1.54, 1.807) is 0 Å². The summed E-state index contributed by atoms with van der Waals surface area (Å²) >= 11 is 0. The smallest absolute Gasteiger partial charge is 0.216 e. The average Bonchev–Trinajstić information content (AvgIpc) is 2.32. The Morgan fingerprint density at radius 1 is 1.54 bits per heavy atom. The fraction of sp³-hybridized carbons (Fsp3) is 0.364. The van der Waals surface area contributed by atoms with Crippen LogP contribution in [0, 0.1) is 0 Å². The van der Waals surface area contributed by atoms with Crippen molar-refractivity contribution in [3.05, 3.63) is 36.0 Å². The quantitative estimate of drug-likeness (QED) is 0.701. The highest BCUT2D eigenvalue weighted by Crippen LogP contribution is 2.07. The van der Waals surface area contributed by atoms with Gasteiger partial charge in [0.05, 0.1) is 0 Å². The minimum Gasteiger partial charge on any atom is -0.356 e. The molecule has 0 heterocycles. The molecule has 0 aromatic carbocycles. The molecule has 1 aliphatic carbocycles. The molecule has 0 bridgehead atoms. The Labute approximate surface area is 79.0 Å². The van der Waals surface area contributed by atoms with Crippen LogP contribution in [0.1, 0.15) is 19.8 Å². The Bertz CT molecular complexity index is 261. The summed E-state index contributed by atoms with van der Waals surface area (Å²) in [5, 5.41) is 2.78. The third-order valence-electron chi connectivity index (χ3n) is 1.84. The van der Waals surface area contributed by atoms with Gasteiger partial charge in [-0.25, -0.2) is 0 Å². The van der Waals surface area contributed by atoms with Crippen LogP contribution in [-0.4, -0.2) is 12.5 Å². The molecule has 0 aromatic heterocycles. The number of rotatable bonds is 3. The van der Waals surface area contributed by atoms with Gasteiger partial charge in [0.1, 0.15) is 0 Å². The van der Waals surface area contributed by atoms with Crippen LogP contribution in [0.5, 0.6) is 0 Å². The molecule has 0 spiro atoms. The molecule has 70 valence electrons. The fourth-order valence-electron chi connectivity index (χ4n) is 1.17. The zero-order valence-electron chi connectivity index (χ0n) is 7.92. The van der Waals surface area contributed by atoms with Crippen LogP contribution in [0.2, 0.25) is 0 Å². The highest BCUT2D eigenvalue weighted by molar-refractivity contribution is 5.72. The standard InChI is InChI=1S/C11H15NO/c1-10(13)12-9-8-11-6-4-2-3-5-7-11/h2,4-7H,3,8-9H2,1H3,(H,12,13). The van der Waals surface area contributed by atoms with Gasteiger partial charge in [-0.2, -0.15) is 0 Å². The van der Waals surface area contributed by atoms with Gasteiger partial charge in [-0.05, 0) is 18.4 Å². The van der Waals surface area contributed by atoms with Gasteiger partial charge in [0, 0.05) is 13.5 Å². The number of carbonyl (C=O) groups is 1. The molecule has 1 amide bonds. The summed E-state index contributed by atoms with van der Waals surface area (Å²) in [6.45, 7) is 2.26. The van der Waals surface area contributed by atoms with Crippen molar-refractivity contribution in [1.82, 2.24) is 5.32 Å². The van der Waals surface area contributed by atoms with E-state index in [1.807, 2.05) is 0 Å². The third-order valence-corrected chi connectivity index (χ3v) is 1.84. The minimum atomic E-state index is 0.0359. The first-order valence-corrected chi connectivity index (χ1v) is 4.56. The van der Waals surface area contributed by atoms with E-state index in [-0.39, 0.29) is 5.91 Å². The molecule has 0 fully saturated rings. The lowest BCUT2D eigenvalue weighted by atomic mass is 10.1. The average molecular weight is 177 g/mol. The summed E-state index contributed by atoms with van der Waals surface area (Å²) in [4.78, 5) is 10.6. The normalized spacial score (nSPS) is 15.0. The predicted molar refractivity (Wildman–Crippen MR) is 54.3 cm³/mol. The van der Waals surface area contributed by atoms with Gasteiger partial charge in [-0.3, -0.25) is 4.79 Å². The Morgan fingerprint density at radius 3 is 3.15 bits per heavy atom. The van der Waals surface area contributed by atoms with E-state index in [2.05, 4.69) is 35.7 Å². The molecule has 0 aliphatic heterocycles. The van der Waals surface area contributed by atoms with Crippen molar-refractivity contribution in [1.29, 1.82) is 0 Å². The molecule has 0 unspecified atom stereocenters. The molecular formula is C11H15NO. The summed E-state index contributed by atoms with van der Waals surface area (Å²) in [5.74, 6) is 0.0359. The molecule has 2 nitrogen and oxygen atoms in total. The first-order valence-electron chi connectivity index (χ1n) is 4.56. The second kappa shape index (κ2) is 5.36. The number of carbonyl (C=O) groups excluding carboxylic acids is 1. The van der Waals surface area contributed by atoms with E-state index >= 15 is 0 Å². The second-order valence-electron chi connectivity index (χ2n) is 3.04. The van der Waals surface area contributed by atoms with Crippen LogP contribution < -0.4 is 5.32 Å². The van der Waals surface area contributed by atoms with E-state index < -0.39 is 0 Å². The Kier molecular flexibility index (Phi) is 4.03. The molecule has 2 heteroatoms. The predicted octanol–water partition coefficient (Wildman–Crippen LogP) is 1.96. The van der Waals surface area contributed by atoms with Gasteiger partial charge in [-0.1, -0.05) is 30.4 Å². The van der Waals surface area contributed by atoms with Crippen LogP contribution in [0.25, 0.3) is 0 Å². The summed E-state index contributed by atoms with van der Waals surface area (Å²) in [6.07, 6.45) is 12.4. The molecule has 0 saturated carbocycles. The van der Waals surface area contributed by atoms with E-state index in [4.69, 9.17) is 0 Å². The highest BCUT2D eigenvalue weighted by atomic mass is 16.1. The van der Waals surface area contributed by atoms with Crippen molar-refractivity contribution in [2.24, 2.45) is 0 Å². The van der Waals surface area contributed by atoms with E-state index in [0.29, 0.717) is 0 Å². The van der Waals surface area contributed by atoms with Gasteiger partial charge in [0.25, 0.3) is 0 Å². The highest BCUT2D eigenvalue weighted by Gasteiger charge is 1.94. The first kappa shape index (κ1) is 9.78. The van der Waals surface area contributed by atoms with Crippen LogP contribution in [0.3, 0.4) is 0 Å². The molecular weight excluding hydrogens is 162 g/mol. The minimum absolute atomic E-state index is 0.0359. The Morgan fingerprint density at radius 2 is 2.38 bits per heavy atom. The molecule has 13 heavy (non-hydrogen) atoms. The topological polar surface area (TPSA) is 29.1 Å². The van der Waals surface area contributed by atoms with Gasteiger partial charge in [0.15, 0.2) is 0 Å². The van der Waals surface area contributed by atoms with Gasteiger partial charge in [-0.15, -0.1) is 0 Å². The van der Waals surface area contributed by atoms with Gasteiger partial charge < -0.3 is 5.32 Å². The Balaban J connectivity index is 2.31. The zero-order chi connectivity index (χ0) is 9.52. The summed E-state index contributed by atoms with van der Waals surface area (Å²) in [5.41, 5.74) is 1.27. The van der Waals surface area contributed by atoms with Crippen LogP contribution in [0.15, 0.2) is 36.0 Å². The first-order chi connectivity index (χ1) is 6.29. The Hall–Kier alpha value is -1.31. The maximum atomic E-state index is 10.6. The summed E-state index contributed by atoms with van der Waals surface area (Å²) in [6, 6.07) is 0. The van der Waals surface area contributed by atoms with Crippen LogP contribution in [0.4, 0.5) is 0 Å². The lowest BCUT2D eigenvalue weighted by Crippen LogP contribution is -2.20. The second-order valence-corrected chi connectivity index (χ2v) is 3.04. The molecule has 0 radical (unpaired) electrons. The SMILES string of the molecule is CC(=O)NCCC1=CC=CCC=C1. The van der Waals surface area contributed by atoms with E-state index in [0.717, 1.165) is 19.4 Å². The maximum Gasteiger partial charge on any atom is 0.216 e.